The first-order valence-corrected chi connectivity index (χ1v) is 7.62. The zero-order valence-corrected chi connectivity index (χ0v) is 14.3. The highest BCUT2D eigenvalue weighted by atomic mass is 79.9. The van der Waals surface area contributed by atoms with Crippen molar-refractivity contribution in [2.24, 2.45) is 5.73 Å². The average Bonchev–Trinajstić information content (AvgIpc) is 2.41. The molecule has 1 aromatic carbocycles. The van der Waals surface area contributed by atoms with E-state index in [0.717, 1.165) is 41.4 Å². The van der Waals surface area contributed by atoms with Crippen molar-refractivity contribution in [1.82, 2.24) is 4.90 Å². The number of benzene rings is 1. The summed E-state index contributed by atoms with van der Waals surface area (Å²) in [7, 11) is 0. The molecule has 2 N–H and O–H groups in total. The Bertz CT molecular complexity index is 479. The highest BCUT2D eigenvalue weighted by Gasteiger charge is 2.29. The van der Waals surface area contributed by atoms with Crippen LogP contribution in [0.4, 0.5) is 0 Å². The molecule has 5 heteroatoms. The van der Waals surface area contributed by atoms with Crippen LogP contribution >= 0.6 is 28.3 Å². The standard InChI is InChI=1S/C15H21BrN2O.ClH/c1-10-9-12(6-7-13(10)16)15(19)18-8-4-3-5-14(18)11(2)17;/h6-7,9,11,14H,3-5,8,17H2,1-2H3;1H. The summed E-state index contributed by atoms with van der Waals surface area (Å²) in [6, 6.07) is 5.96. The third-order valence-corrected chi connectivity index (χ3v) is 4.71. The predicted molar refractivity (Wildman–Crippen MR) is 88.5 cm³/mol. The fraction of sp³-hybridized carbons (Fsp3) is 0.533. The van der Waals surface area contributed by atoms with Gasteiger partial charge < -0.3 is 10.6 Å². The van der Waals surface area contributed by atoms with Crippen LogP contribution < -0.4 is 5.73 Å². The molecular formula is C15H22BrClN2O. The van der Waals surface area contributed by atoms with Crippen LogP contribution in [0.15, 0.2) is 22.7 Å². The van der Waals surface area contributed by atoms with Crippen LogP contribution in [0, 0.1) is 6.92 Å². The fourth-order valence-electron chi connectivity index (χ4n) is 2.70. The molecule has 0 bridgehead atoms. The van der Waals surface area contributed by atoms with Gasteiger partial charge in [0.2, 0.25) is 0 Å². The van der Waals surface area contributed by atoms with Crippen molar-refractivity contribution in [3.63, 3.8) is 0 Å². The summed E-state index contributed by atoms with van der Waals surface area (Å²) in [6.07, 6.45) is 3.25. The molecule has 0 radical (unpaired) electrons. The highest BCUT2D eigenvalue weighted by Crippen LogP contribution is 2.23. The van der Waals surface area contributed by atoms with Crippen molar-refractivity contribution in [2.75, 3.05) is 6.54 Å². The fourth-order valence-corrected chi connectivity index (χ4v) is 2.95. The summed E-state index contributed by atoms with van der Waals surface area (Å²) in [5.41, 5.74) is 7.87. The first-order chi connectivity index (χ1) is 9.00. The van der Waals surface area contributed by atoms with Crippen molar-refractivity contribution < 1.29 is 4.79 Å². The topological polar surface area (TPSA) is 46.3 Å². The highest BCUT2D eigenvalue weighted by molar-refractivity contribution is 9.10. The number of nitrogens with zero attached hydrogens (tertiary/aromatic N) is 1. The van der Waals surface area contributed by atoms with Crippen LogP contribution in [-0.4, -0.2) is 29.4 Å². The summed E-state index contributed by atoms with van der Waals surface area (Å²) in [5, 5.41) is 0. The van der Waals surface area contributed by atoms with Gasteiger partial charge in [0, 0.05) is 28.7 Å². The largest absolute Gasteiger partial charge is 0.334 e. The number of carbonyl (C=O) groups is 1. The Morgan fingerprint density at radius 3 is 2.75 bits per heavy atom. The molecule has 1 saturated heterocycles. The smallest absolute Gasteiger partial charge is 0.254 e. The molecule has 1 aliphatic heterocycles. The number of carbonyl (C=O) groups excluding carboxylic acids is 1. The van der Waals surface area contributed by atoms with Gasteiger partial charge in [-0.15, -0.1) is 12.4 Å². The molecule has 0 saturated carbocycles. The first kappa shape index (κ1) is 17.5. The number of rotatable bonds is 2. The molecule has 1 aliphatic rings. The van der Waals surface area contributed by atoms with E-state index in [4.69, 9.17) is 5.73 Å². The Morgan fingerprint density at radius 1 is 1.45 bits per heavy atom. The van der Waals surface area contributed by atoms with Gasteiger partial charge in [0.05, 0.1) is 0 Å². The molecule has 1 fully saturated rings. The molecule has 0 spiro atoms. The van der Waals surface area contributed by atoms with Crippen molar-refractivity contribution in [2.45, 2.75) is 45.2 Å². The number of likely N-dealkylation sites (tertiary alicyclic amines) is 1. The van der Waals surface area contributed by atoms with Crippen LogP contribution in [0.2, 0.25) is 0 Å². The SMILES string of the molecule is Cc1cc(C(=O)N2CCCCC2C(C)N)ccc1Br.Cl. The number of hydrogen-bond donors (Lipinski definition) is 1. The Hall–Kier alpha value is -0.580. The van der Waals surface area contributed by atoms with Crippen molar-refractivity contribution in [1.29, 1.82) is 0 Å². The van der Waals surface area contributed by atoms with E-state index < -0.39 is 0 Å². The van der Waals surface area contributed by atoms with Gasteiger partial charge in [-0.2, -0.15) is 0 Å². The molecule has 2 atom stereocenters. The number of piperidine rings is 1. The minimum absolute atomic E-state index is 0. The zero-order valence-electron chi connectivity index (χ0n) is 11.9. The lowest BCUT2D eigenvalue weighted by molar-refractivity contribution is 0.0583. The number of aryl methyl sites for hydroxylation is 1. The van der Waals surface area contributed by atoms with Gasteiger partial charge in [-0.3, -0.25) is 4.79 Å². The number of amides is 1. The molecule has 0 aromatic heterocycles. The Morgan fingerprint density at radius 2 is 2.15 bits per heavy atom. The number of halogens is 2. The summed E-state index contributed by atoms with van der Waals surface area (Å²) >= 11 is 3.46. The van der Waals surface area contributed by atoms with Gasteiger partial charge in [0.25, 0.3) is 5.91 Å². The van der Waals surface area contributed by atoms with Gasteiger partial charge in [0.15, 0.2) is 0 Å². The lowest BCUT2D eigenvalue weighted by atomic mass is 9.96. The molecule has 1 amide bonds. The second-order valence-electron chi connectivity index (χ2n) is 5.38. The van der Waals surface area contributed by atoms with Gasteiger partial charge in [-0.25, -0.2) is 0 Å². The Balaban J connectivity index is 0.00000200. The van der Waals surface area contributed by atoms with Crippen LogP contribution in [0.25, 0.3) is 0 Å². The third kappa shape index (κ3) is 3.74. The van der Waals surface area contributed by atoms with E-state index in [-0.39, 0.29) is 30.4 Å². The van der Waals surface area contributed by atoms with E-state index >= 15 is 0 Å². The maximum absolute atomic E-state index is 12.6. The summed E-state index contributed by atoms with van der Waals surface area (Å²) in [6.45, 7) is 4.81. The van der Waals surface area contributed by atoms with Crippen LogP contribution in [-0.2, 0) is 0 Å². The van der Waals surface area contributed by atoms with E-state index in [1.807, 2.05) is 36.9 Å². The van der Waals surface area contributed by atoms with Crippen molar-refractivity contribution in [3.8, 4) is 0 Å². The number of hydrogen-bond acceptors (Lipinski definition) is 2. The second-order valence-corrected chi connectivity index (χ2v) is 6.24. The Labute approximate surface area is 135 Å². The van der Waals surface area contributed by atoms with Gasteiger partial charge in [0.1, 0.15) is 0 Å². The summed E-state index contributed by atoms with van der Waals surface area (Å²) in [5.74, 6) is 0.109. The monoisotopic (exact) mass is 360 g/mol. The molecule has 0 aliphatic carbocycles. The first-order valence-electron chi connectivity index (χ1n) is 6.83. The molecule has 1 heterocycles. The molecule has 2 unspecified atom stereocenters. The molecule has 112 valence electrons. The predicted octanol–water partition coefficient (Wildman–Crippen LogP) is 3.52. The van der Waals surface area contributed by atoms with Gasteiger partial charge in [-0.1, -0.05) is 15.9 Å². The average molecular weight is 362 g/mol. The lowest BCUT2D eigenvalue weighted by Gasteiger charge is -2.38. The normalized spacial score (nSPS) is 20.2. The van der Waals surface area contributed by atoms with E-state index in [1.54, 1.807) is 0 Å². The van der Waals surface area contributed by atoms with E-state index in [1.165, 1.54) is 0 Å². The minimum atomic E-state index is 0. The molecule has 3 nitrogen and oxygen atoms in total. The molecule has 2 rings (SSSR count). The summed E-state index contributed by atoms with van der Waals surface area (Å²) < 4.78 is 1.03. The van der Waals surface area contributed by atoms with Crippen LogP contribution in [0.3, 0.4) is 0 Å². The van der Waals surface area contributed by atoms with Gasteiger partial charge >= 0.3 is 0 Å². The van der Waals surface area contributed by atoms with Crippen LogP contribution in [0.1, 0.15) is 42.1 Å². The molecule has 20 heavy (non-hydrogen) atoms. The van der Waals surface area contributed by atoms with Crippen molar-refractivity contribution in [3.05, 3.63) is 33.8 Å². The molecular weight excluding hydrogens is 340 g/mol. The van der Waals surface area contributed by atoms with E-state index in [0.29, 0.717) is 0 Å². The Kier molecular flexibility index (Phi) is 6.49. The molecule has 1 aromatic rings. The minimum Gasteiger partial charge on any atom is -0.334 e. The number of nitrogens with two attached hydrogens (primary N) is 1. The third-order valence-electron chi connectivity index (χ3n) is 3.82. The van der Waals surface area contributed by atoms with E-state index in [9.17, 15) is 4.79 Å². The summed E-state index contributed by atoms with van der Waals surface area (Å²) in [4.78, 5) is 14.6. The second kappa shape index (κ2) is 7.43. The van der Waals surface area contributed by atoms with Crippen LogP contribution in [0.5, 0.6) is 0 Å². The quantitative estimate of drug-likeness (QED) is 0.876. The zero-order chi connectivity index (χ0) is 14.0. The van der Waals surface area contributed by atoms with Crippen molar-refractivity contribution >= 4 is 34.2 Å². The van der Waals surface area contributed by atoms with Gasteiger partial charge in [-0.05, 0) is 56.9 Å². The van der Waals surface area contributed by atoms with E-state index in [2.05, 4.69) is 15.9 Å². The maximum atomic E-state index is 12.6. The maximum Gasteiger partial charge on any atom is 0.254 e. The lowest BCUT2D eigenvalue weighted by Crippen LogP contribution is -2.51.